The van der Waals surface area contributed by atoms with Crippen LogP contribution in [0, 0.1) is 6.92 Å². The van der Waals surface area contributed by atoms with Crippen molar-refractivity contribution >= 4 is 37.5 Å². The zero-order valence-corrected chi connectivity index (χ0v) is 21.0. The first kappa shape index (κ1) is 23.7. The average molecular weight is 488 g/mol. The summed E-state index contributed by atoms with van der Waals surface area (Å²) < 4.78 is 36.2. The normalized spacial score (nSPS) is 18.1. The smallest absolute Gasteiger partial charge is 0.279 e. The molecule has 0 bridgehead atoms. The number of nitrogens with zero attached hydrogens (tertiary/aromatic N) is 3. The quantitative estimate of drug-likeness (QED) is 0.536. The molecule has 2 aromatic carbocycles. The predicted molar refractivity (Wildman–Crippen MR) is 130 cm³/mol. The summed E-state index contributed by atoms with van der Waals surface area (Å²) in [7, 11) is -1.95. The van der Waals surface area contributed by atoms with Gasteiger partial charge in [-0.2, -0.15) is 9.30 Å². The van der Waals surface area contributed by atoms with Crippen LogP contribution in [0.5, 0.6) is 5.75 Å². The monoisotopic (exact) mass is 487 g/mol. The van der Waals surface area contributed by atoms with E-state index in [1.54, 1.807) is 23.5 Å². The molecular weight excluding hydrogens is 458 g/mol. The summed E-state index contributed by atoms with van der Waals surface area (Å²) >= 11 is 1.45. The van der Waals surface area contributed by atoms with Gasteiger partial charge in [0.05, 0.1) is 16.7 Å². The van der Waals surface area contributed by atoms with Crippen LogP contribution in [0.1, 0.15) is 49.0 Å². The fourth-order valence-electron chi connectivity index (χ4n) is 4.31. The van der Waals surface area contributed by atoms with Crippen LogP contribution in [0.25, 0.3) is 10.2 Å². The summed E-state index contributed by atoms with van der Waals surface area (Å²) in [6.45, 7) is 7.13. The number of fused-ring (bicyclic) bond motifs is 1. The van der Waals surface area contributed by atoms with Crippen LogP contribution in [-0.2, 0) is 16.6 Å². The van der Waals surface area contributed by atoms with E-state index in [1.165, 1.54) is 23.5 Å². The number of benzene rings is 2. The summed E-state index contributed by atoms with van der Waals surface area (Å²) in [5.41, 5.74) is 2.37. The van der Waals surface area contributed by atoms with Crippen molar-refractivity contribution in [3.05, 3.63) is 52.3 Å². The first-order valence-corrected chi connectivity index (χ1v) is 13.4. The number of aromatic nitrogens is 1. The van der Waals surface area contributed by atoms with Crippen molar-refractivity contribution in [2.24, 2.45) is 4.99 Å². The van der Waals surface area contributed by atoms with Gasteiger partial charge < -0.3 is 9.30 Å². The van der Waals surface area contributed by atoms with Crippen LogP contribution in [0.15, 0.2) is 46.3 Å². The van der Waals surface area contributed by atoms with Gasteiger partial charge in [-0.1, -0.05) is 23.8 Å². The molecule has 1 aliphatic heterocycles. The molecule has 1 aliphatic rings. The summed E-state index contributed by atoms with van der Waals surface area (Å²) in [6.07, 6.45) is 2.78. The second kappa shape index (κ2) is 9.40. The minimum atomic E-state index is -3.58. The van der Waals surface area contributed by atoms with Crippen molar-refractivity contribution in [1.29, 1.82) is 0 Å². The van der Waals surface area contributed by atoms with Gasteiger partial charge in [0.2, 0.25) is 10.0 Å². The third kappa shape index (κ3) is 4.37. The standard InChI is InChI=1S/C24H29N3O4S2/c1-5-26-21-20(31-4)14-9-16(2)22(21)32-24(26)25-23(28)18-10-12-19(13-11-18)33(29,30)27-15-7-6-8-17(27)3/h9-14,17H,5-8,15H2,1-4H3. The Balaban J connectivity index is 1.68. The second-order valence-electron chi connectivity index (χ2n) is 8.29. The van der Waals surface area contributed by atoms with E-state index in [-0.39, 0.29) is 10.9 Å². The molecule has 1 amide bonds. The first-order chi connectivity index (χ1) is 15.8. The maximum Gasteiger partial charge on any atom is 0.279 e. The fraction of sp³-hybridized carbons (Fsp3) is 0.417. The lowest BCUT2D eigenvalue weighted by molar-refractivity contribution is 0.0997. The minimum Gasteiger partial charge on any atom is -0.495 e. The van der Waals surface area contributed by atoms with Gasteiger partial charge in [-0.3, -0.25) is 4.79 Å². The number of hydrogen-bond donors (Lipinski definition) is 0. The molecule has 0 radical (unpaired) electrons. The Labute approximate surface area is 198 Å². The van der Waals surface area contributed by atoms with E-state index >= 15 is 0 Å². The lowest BCUT2D eigenvalue weighted by atomic mass is 10.1. The number of amides is 1. The van der Waals surface area contributed by atoms with E-state index in [0.717, 1.165) is 40.8 Å². The number of piperidine rings is 1. The molecule has 1 saturated heterocycles. The van der Waals surface area contributed by atoms with E-state index in [0.29, 0.717) is 23.5 Å². The third-order valence-corrected chi connectivity index (χ3v) is 9.41. The highest BCUT2D eigenvalue weighted by Crippen LogP contribution is 2.30. The zero-order chi connectivity index (χ0) is 23.8. The van der Waals surface area contributed by atoms with Crippen LogP contribution < -0.4 is 9.54 Å². The molecule has 0 aliphatic carbocycles. The van der Waals surface area contributed by atoms with Crippen LogP contribution in [-0.4, -0.2) is 42.9 Å². The largest absolute Gasteiger partial charge is 0.495 e. The van der Waals surface area contributed by atoms with Crippen molar-refractivity contribution in [3.63, 3.8) is 0 Å². The number of thiazole rings is 1. The molecule has 176 valence electrons. The van der Waals surface area contributed by atoms with Gasteiger partial charge in [0.25, 0.3) is 5.91 Å². The number of methoxy groups -OCH3 is 1. The van der Waals surface area contributed by atoms with Gasteiger partial charge in [0.1, 0.15) is 11.3 Å². The molecule has 0 N–H and O–H groups in total. The first-order valence-electron chi connectivity index (χ1n) is 11.2. The van der Waals surface area contributed by atoms with E-state index in [9.17, 15) is 13.2 Å². The number of carbonyl (C=O) groups excluding carboxylic acids is 1. The summed E-state index contributed by atoms with van der Waals surface area (Å²) in [6, 6.07) is 10.00. The van der Waals surface area contributed by atoms with E-state index in [1.807, 2.05) is 37.5 Å². The molecule has 1 atom stereocenters. The van der Waals surface area contributed by atoms with Gasteiger partial charge in [-0.25, -0.2) is 8.42 Å². The molecule has 1 aromatic heterocycles. The van der Waals surface area contributed by atoms with E-state index in [2.05, 4.69) is 4.99 Å². The SMILES string of the molecule is CCn1c(=NC(=O)c2ccc(S(=O)(=O)N3CCCCC3C)cc2)sc2c(C)ccc(OC)c21. The molecule has 1 unspecified atom stereocenters. The van der Waals surface area contributed by atoms with Crippen molar-refractivity contribution in [2.45, 2.75) is 57.5 Å². The number of hydrogen-bond acceptors (Lipinski definition) is 5. The zero-order valence-electron chi connectivity index (χ0n) is 19.4. The Morgan fingerprint density at radius 3 is 2.55 bits per heavy atom. The van der Waals surface area contributed by atoms with Gasteiger partial charge >= 0.3 is 0 Å². The van der Waals surface area contributed by atoms with Crippen LogP contribution in [0.2, 0.25) is 0 Å². The number of aryl methyl sites for hydroxylation is 2. The van der Waals surface area contributed by atoms with Crippen molar-refractivity contribution in [3.8, 4) is 5.75 Å². The Morgan fingerprint density at radius 2 is 1.91 bits per heavy atom. The maximum absolute atomic E-state index is 13.0. The Morgan fingerprint density at radius 1 is 1.18 bits per heavy atom. The van der Waals surface area contributed by atoms with Crippen LogP contribution >= 0.6 is 11.3 Å². The molecule has 7 nitrogen and oxygen atoms in total. The van der Waals surface area contributed by atoms with Gasteiger partial charge in [-0.05, 0) is 69.5 Å². The van der Waals surface area contributed by atoms with E-state index < -0.39 is 15.9 Å². The van der Waals surface area contributed by atoms with Gasteiger partial charge in [0.15, 0.2) is 4.80 Å². The fourth-order valence-corrected chi connectivity index (χ4v) is 7.18. The molecule has 0 saturated carbocycles. The molecule has 1 fully saturated rings. The second-order valence-corrected chi connectivity index (χ2v) is 11.2. The summed E-state index contributed by atoms with van der Waals surface area (Å²) in [5, 5.41) is 0. The highest BCUT2D eigenvalue weighted by Gasteiger charge is 2.30. The molecule has 9 heteroatoms. The Kier molecular flexibility index (Phi) is 6.74. The number of sulfonamides is 1. The lowest BCUT2D eigenvalue weighted by Crippen LogP contribution is -2.41. The minimum absolute atomic E-state index is 0.0158. The molecule has 4 rings (SSSR count). The molecule has 33 heavy (non-hydrogen) atoms. The highest BCUT2D eigenvalue weighted by molar-refractivity contribution is 7.89. The van der Waals surface area contributed by atoms with Gasteiger partial charge in [0, 0.05) is 24.7 Å². The Hall–Kier alpha value is -2.49. The summed E-state index contributed by atoms with van der Waals surface area (Å²) in [4.78, 5) is 18.1. The van der Waals surface area contributed by atoms with Crippen molar-refractivity contribution in [1.82, 2.24) is 8.87 Å². The number of carbonyl (C=O) groups is 1. The van der Waals surface area contributed by atoms with Crippen molar-refractivity contribution < 1.29 is 17.9 Å². The average Bonchev–Trinajstić information content (AvgIpc) is 3.18. The molecule has 0 spiro atoms. The van der Waals surface area contributed by atoms with Crippen LogP contribution in [0.3, 0.4) is 0 Å². The Bertz CT molecular complexity index is 1350. The van der Waals surface area contributed by atoms with Gasteiger partial charge in [-0.15, -0.1) is 0 Å². The topological polar surface area (TPSA) is 81.0 Å². The summed E-state index contributed by atoms with van der Waals surface area (Å²) in [5.74, 6) is 0.333. The lowest BCUT2D eigenvalue weighted by Gasteiger charge is -2.32. The predicted octanol–water partition coefficient (Wildman–Crippen LogP) is 4.34. The number of ether oxygens (including phenoxy) is 1. The van der Waals surface area contributed by atoms with Crippen molar-refractivity contribution in [2.75, 3.05) is 13.7 Å². The molecular formula is C24H29N3O4S2. The third-order valence-electron chi connectivity index (χ3n) is 6.17. The maximum atomic E-state index is 13.0. The van der Waals surface area contributed by atoms with Crippen LogP contribution in [0.4, 0.5) is 0 Å². The molecule has 2 heterocycles. The molecule has 3 aromatic rings. The highest BCUT2D eigenvalue weighted by atomic mass is 32.2. The number of rotatable bonds is 5. The van der Waals surface area contributed by atoms with E-state index in [4.69, 9.17) is 4.74 Å².